The second-order valence-electron chi connectivity index (χ2n) is 6.07. The van der Waals surface area contributed by atoms with Crippen molar-refractivity contribution in [2.75, 3.05) is 14.2 Å². The third-order valence-corrected chi connectivity index (χ3v) is 4.40. The minimum absolute atomic E-state index is 0.00264. The van der Waals surface area contributed by atoms with E-state index in [0.29, 0.717) is 12.1 Å². The molecule has 1 aromatic heterocycles. The molecule has 2 aromatic carbocycles. The molecule has 0 radical (unpaired) electrons. The Hall–Kier alpha value is -3.08. The topological polar surface area (TPSA) is 53.4 Å². The summed E-state index contributed by atoms with van der Waals surface area (Å²) in [6, 6.07) is 19.8. The molecule has 0 amide bonds. The van der Waals surface area contributed by atoms with E-state index in [2.05, 4.69) is 24.2 Å². The van der Waals surface area contributed by atoms with E-state index in [1.807, 2.05) is 47.1 Å². The van der Waals surface area contributed by atoms with Crippen molar-refractivity contribution in [2.45, 2.75) is 19.4 Å². The summed E-state index contributed by atoms with van der Waals surface area (Å²) in [5.74, 6) is 0.384. The Morgan fingerprint density at radius 1 is 1.08 bits per heavy atom. The van der Waals surface area contributed by atoms with Crippen molar-refractivity contribution >= 4 is 5.97 Å². The second-order valence-corrected chi connectivity index (χ2v) is 6.07. The number of nitrogens with zero attached hydrogens (tertiary/aromatic N) is 2. The number of carbonyl (C=O) groups is 1. The second kappa shape index (κ2) is 7.87. The van der Waals surface area contributed by atoms with Crippen molar-refractivity contribution in [3.63, 3.8) is 0 Å². The largest absolute Gasteiger partial charge is 0.497 e. The molecule has 0 aliphatic heterocycles. The van der Waals surface area contributed by atoms with Gasteiger partial charge in [-0.05, 0) is 36.2 Å². The maximum Gasteiger partial charge on any atom is 0.358 e. The number of hydrogen-bond acceptors (Lipinski definition) is 4. The molecule has 5 nitrogen and oxygen atoms in total. The summed E-state index contributed by atoms with van der Waals surface area (Å²) in [6.45, 7) is 2.07. The van der Waals surface area contributed by atoms with Crippen molar-refractivity contribution in [3.05, 3.63) is 83.2 Å². The standard InChI is InChI=1S/C21H22N2O3/c1-15(17-7-5-4-6-8-17)23-18(14-20(22-23)21(24)26-3)13-16-9-11-19(25-2)12-10-16/h4-12,14-15H,13H2,1-3H3. The Morgan fingerprint density at radius 3 is 2.38 bits per heavy atom. The minimum atomic E-state index is -0.431. The van der Waals surface area contributed by atoms with Gasteiger partial charge in [0.25, 0.3) is 0 Å². The molecule has 1 unspecified atom stereocenters. The molecule has 26 heavy (non-hydrogen) atoms. The van der Waals surface area contributed by atoms with E-state index in [0.717, 1.165) is 22.6 Å². The highest BCUT2D eigenvalue weighted by Crippen LogP contribution is 2.23. The van der Waals surface area contributed by atoms with E-state index in [1.165, 1.54) is 7.11 Å². The molecule has 0 saturated carbocycles. The van der Waals surface area contributed by atoms with Gasteiger partial charge in [0.15, 0.2) is 5.69 Å². The van der Waals surface area contributed by atoms with Crippen LogP contribution in [0, 0.1) is 0 Å². The van der Waals surface area contributed by atoms with Crippen LogP contribution in [0.1, 0.15) is 40.3 Å². The fourth-order valence-corrected chi connectivity index (χ4v) is 2.93. The van der Waals surface area contributed by atoms with Crippen LogP contribution in [0.15, 0.2) is 60.7 Å². The highest BCUT2D eigenvalue weighted by molar-refractivity contribution is 5.87. The zero-order chi connectivity index (χ0) is 18.5. The van der Waals surface area contributed by atoms with E-state index in [9.17, 15) is 4.79 Å². The van der Waals surface area contributed by atoms with Crippen molar-refractivity contribution in [1.29, 1.82) is 0 Å². The first-order chi connectivity index (χ1) is 12.6. The monoisotopic (exact) mass is 350 g/mol. The maximum atomic E-state index is 12.0. The van der Waals surface area contributed by atoms with Gasteiger partial charge in [0.1, 0.15) is 5.75 Å². The van der Waals surface area contributed by atoms with E-state index >= 15 is 0 Å². The zero-order valence-corrected chi connectivity index (χ0v) is 15.2. The van der Waals surface area contributed by atoms with Gasteiger partial charge in [0, 0.05) is 12.1 Å². The third-order valence-electron chi connectivity index (χ3n) is 4.40. The lowest BCUT2D eigenvalue weighted by atomic mass is 10.1. The van der Waals surface area contributed by atoms with Gasteiger partial charge in [0.05, 0.1) is 20.3 Å². The van der Waals surface area contributed by atoms with Gasteiger partial charge < -0.3 is 9.47 Å². The fraction of sp³-hybridized carbons (Fsp3) is 0.238. The van der Waals surface area contributed by atoms with Crippen molar-refractivity contribution in [2.24, 2.45) is 0 Å². The molecule has 0 saturated heterocycles. The summed E-state index contributed by atoms with van der Waals surface area (Å²) in [7, 11) is 3.01. The highest BCUT2D eigenvalue weighted by atomic mass is 16.5. The average Bonchev–Trinajstić information content (AvgIpc) is 3.11. The summed E-state index contributed by atoms with van der Waals surface area (Å²) < 4.78 is 11.9. The quantitative estimate of drug-likeness (QED) is 0.633. The molecule has 3 aromatic rings. The van der Waals surface area contributed by atoms with Crippen molar-refractivity contribution in [1.82, 2.24) is 9.78 Å². The predicted octanol–water partition coefficient (Wildman–Crippen LogP) is 3.88. The molecule has 1 heterocycles. The van der Waals surface area contributed by atoms with Crippen LogP contribution in [0.4, 0.5) is 0 Å². The minimum Gasteiger partial charge on any atom is -0.497 e. The lowest BCUT2D eigenvalue weighted by Crippen LogP contribution is -2.13. The van der Waals surface area contributed by atoms with Crippen LogP contribution in [0.25, 0.3) is 0 Å². The molecule has 3 rings (SSSR count). The molecular weight excluding hydrogens is 328 g/mol. The average molecular weight is 350 g/mol. The first-order valence-electron chi connectivity index (χ1n) is 8.47. The van der Waals surface area contributed by atoms with Gasteiger partial charge in [0.2, 0.25) is 0 Å². The van der Waals surface area contributed by atoms with Crippen LogP contribution in [0.3, 0.4) is 0 Å². The lowest BCUT2D eigenvalue weighted by Gasteiger charge is -2.16. The number of aromatic nitrogens is 2. The van der Waals surface area contributed by atoms with Gasteiger partial charge in [-0.2, -0.15) is 5.10 Å². The van der Waals surface area contributed by atoms with E-state index in [-0.39, 0.29) is 6.04 Å². The molecule has 0 N–H and O–H groups in total. The third kappa shape index (κ3) is 3.77. The molecule has 0 bridgehead atoms. The van der Waals surface area contributed by atoms with Gasteiger partial charge in [-0.15, -0.1) is 0 Å². The number of benzene rings is 2. The molecule has 0 aliphatic rings. The number of rotatable bonds is 6. The first kappa shape index (κ1) is 17.7. The Bertz CT molecular complexity index is 870. The van der Waals surface area contributed by atoms with Crippen molar-refractivity contribution < 1.29 is 14.3 Å². The molecule has 0 aliphatic carbocycles. The number of esters is 1. The van der Waals surface area contributed by atoms with Crippen LogP contribution in [-0.4, -0.2) is 30.0 Å². The summed E-state index contributed by atoms with van der Waals surface area (Å²) in [5.41, 5.74) is 3.51. The summed E-state index contributed by atoms with van der Waals surface area (Å²) in [5, 5.41) is 4.50. The van der Waals surface area contributed by atoms with Gasteiger partial charge in [-0.1, -0.05) is 42.5 Å². The van der Waals surface area contributed by atoms with Gasteiger partial charge >= 0.3 is 5.97 Å². The van der Waals surface area contributed by atoms with Crippen LogP contribution >= 0.6 is 0 Å². The summed E-state index contributed by atoms with van der Waals surface area (Å²) in [4.78, 5) is 12.0. The molecular formula is C21H22N2O3. The number of hydrogen-bond donors (Lipinski definition) is 0. The zero-order valence-electron chi connectivity index (χ0n) is 15.2. The SMILES string of the molecule is COC(=O)c1cc(Cc2ccc(OC)cc2)n(C(C)c2ccccc2)n1. The fourth-order valence-electron chi connectivity index (χ4n) is 2.93. The van der Waals surface area contributed by atoms with E-state index in [1.54, 1.807) is 13.2 Å². The Balaban J connectivity index is 1.96. The van der Waals surface area contributed by atoms with Crippen LogP contribution < -0.4 is 4.74 Å². The highest BCUT2D eigenvalue weighted by Gasteiger charge is 2.19. The first-order valence-corrected chi connectivity index (χ1v) is 8.47. The molecule has 0 spiro atoms. The molecule has 5 heteroatoms. The van der Waals surface area contributed by atoms with E-state index in [4.69, 9.17) is 9.47 Å². The Labute approximate surface area is 153 Å². The van der Waals surface area contributed by atoms with Crippen LogP contribution in [0.5, 0.6) is 5.75 Å². The summed E-state index contributed by atoms with van der Waals surface area (Å²) in [6.07, 6.45) is 0.658. The van der Waals surface area contributed by atoms with Crippen molar-refractivity contribution in [3.8, 4) is 5.75 Å². The Morgan fingerprint density at radius 2 is 1.77 bits per heavy atom. The smallest absolute Gasteiger partial charge is 0.358 e. The lowest BCUT2D eigenvalue weighted by molar-refractivity contribution is 0.0593. The van der Waals surface area contributed by atoms with Crippen LogP contribution in [0.2, 0.25) is 0 Å². The van der Waals surface area contributed by atoms with Crippen LogP contribution in [-0.2, 0) is 11.2 Å². The maximum absolute atomic E-state index is 12.0. The number of carbonyl (C=O) groups excluding carboxylic acids is 1. The van der Waals surface area contributed by atoms with Gasteiger partial charge in [-0.3, -0.25) is 4.68 Å². The Kier molecular flexibility index (Phi) is 5.37. The van der Waals surface area contributed by atoms with Gasteiger partial charge in [-0.25, -0.2) is 4.79 Å². The summed E-state index contributed by atoms with van der Waals surface area (Å²) >= 11 is 0. The molecule has 0 fully saturated rings. The predicted molar refractivity (Wildman–Crippen MR) is 99.6 cm³/mol. The molecule has 1 atom stereocenters. The van der Waals surface area contributed by atoms with E-state index < -0.39 is 5.97 Å². The molecule has 134 valence electrons. The normalized spacial score (nSPS) is 11.8. The number of methoxy groups -OCH3 is 2. The number of ether oxygens (including phenoxy) is 2.